The molecule has 0 saturated carbocycles. The maximum atomic E-state index is 9.39. The Morgan fingerprint density at radius 1 is 1.53 bits per heavy atom. The zero-order valence-corrected chi connectivity index (χ0v) is 10.7. The van der Waals surface area contributed by atoms with E-state index in [1.807, 2.05) is 19.1 Å². The molecule has 0 amide bonds. The fourth-order valence-electron chi connectivity index (χ4n) is 1.33. The largest absolute Gasteiger partial charge is 0.393 e. The summed E-state index contributed by atoms with van der Waals surface area (Å²) in [6.45, 7) is 4.94. The second-order valence-electron chi connectivity index (χ2n) is 3.67. The first kappa shape index (κ1) is 13.0. The fourth-order valence-corrected chi connectivity index (χ4v) is 2.42. The van der Waals surface area contributed by atoms with Crippen LogP contribution < -0.4 is 5.32 Å². The molecule has 4 heteroatoms. The summed E-state index contributed by atoms with van der Waals surface area (Å²) >= 11 is 7.46. The van der Waals surface area contributed by atoms with Crippen LogP contribution in [0.2, 0.25) is 4.34 Å². The first-order chi connectivity index (χ1) is 7.13. The van der Waals surface area contributed by atoms with Crippen LogP contribution in [0.5, 0.6) is 0 Å². The van der Waals surface area contributed by atoms with Crippen molar-refractivity contribution in [3.63, 3.8) is 0 Å². The van der Waals surface area contributed by atoms with Crippen molar-refractivity contribution in [3.8, 4) is 0 Å². The molecule has 0 bridgehead atoms. The lowest BCUT2D eigenvalue weighted by Crippen LogP contribution is -2.22. The van der Waals surface area contributed by atoms with Gasteiger partial charge >= 0.3 is 0 Å². The molecule has 0 aliphatic rings. The van der Waals surface area contributed by atoms with Crippen LogP contribution in [0.25, 0.3) is 0 Å². The number of nitrogens with one attached hydrogen (secondary N) is 1. The van der Waals surface area contributed by atoms with E-state index in [9.17, 15) is 5.11 Å². The maximum absolute atomic E-state index is 9.39. The molecular weight excluding hydrogens is 230 g/mol. The minimum absolute atomic E-state index is 0.184. The van der Waals surface area contributed by atoms with Crippen LogP contribution in [0.1, 0.15) is 37.6 Å². The van der Waals surface area contributed by atoms with E-state index in [1.165, 1.54) is 4.88 Å². The quantitative estimate of drug-likeness (QED) is 0.809. The molecule has 0 saturated heterocycles. The van der Waals surface area contributed by atoms with E-state index in [0.29, 0.717) is 6.04 Å². The third-order valence-corrected chi connectivity index (χ3v) is 3.83. The Bertz CT molecular complexity index is 290. The van der Waals surface area contributed by atoms with Gasteiger partial charge < -0.3 is 10.4 Å². The maximum Gasteiger partial charge on any atom is 0.0931 e. The van der Waals surface area contributed by atoms with E-state index in [1.54, 1.807) is 11.3 Å². The second kappa shape index (κ2) is 6.48. The molecule has 1 aromatic heterocycles. The number of aliphatic hydroxyl groups is 1. The Morgan fingerprint density at radius 2 is 2.27 bits per heavy atom. The predicted octanol–water partition coefficient (Wildman–Crippen LogP) is 3.21. The standard InChI is InChI=1S/C11H18ClNOS/c1-3-9(14)6-7-13-8(2)10-4-5-11(12)15-10/h4-5,8-9,13-14H,3,6-7H2,1-2H3. The Balaban J connectivity index is 2.27. The van der Waals surface area contributed by atoms with E-state index < -0.39 is 0 Å². The Kier molecular flexibility index (Phi) is 5.61. The predicted molar refractivity (Wildman–Crippen MR) is 66.7 cm³/mol. The number of halogens is 1. The number of hydrogen-bond acceptors (Lipinski definition) is 3. The molecule has 0 spiro atoms. The van der Waals surface area contributed by atoms with Crippen molar-refractivity contribution in [2.24, 2.45) is 0 Å². The van der Waals surface area contributed by atoms with Gasteiger partial charge in [-0.05, 0) is 38.4 Å². The Morgan fingerprint density at radius 3 is 2.80 bits per heavy atom. The lowest BCUT2D eigenvalue weighted by molar-refractivity contribution is 0.159. The molecule has 2 nitrogen and oxygen atoms in total. The molecule has 2 N–H and O–H groups in total. The van der Waals surface area contributed by atoms with Crippen LogP contribution in [-0.4, -0.2) is 17.8 Å². The molecule has 0 fully saturated rings. The van der Waals surface area contributed by atoms with E-state index in [4.69, 9.17) is 11.6 Å². The average molecular weight is 248 g/mol. The molecular formula is C11H18ClNOS. The van der Waals surface area contributed by atoms with Gasteiger partial charge in [-0.1, -0.05) is 18.5 Å². The minimum atomic E-state index is -0.184. The lowest BCUT2D eigenvalue weighted by atomic mass is 10.2. The molecule has 0 aliphatic carbocycles. The molecule has 15 heavy (non-hydrogen) atoms. The van der Waals surface area contributed by atoms with E-state index in [-0.39, 0.29) is 6.10 Å². The van der Waals surface area contributed by atoms with Crippen molar-refractivity contribution in [2.75, 3.05) is 6.54 Å². The molecule has 2 unspecified atom stereocenters. The summed E-state index contributed by atoms with van der Waals surface area (Å²) in [7, 11) is 0. The molecule has 0 aliphatic heterocycles. The zero-order chi connectivity index (χ0) is 11.3. The highest BCUT2D eigenvalue weighted by atomic mass is 35.5. The molecule has 1 rings (SSSR count). The van der Waals surface area contributed by atoms with Crippen LogP contribution >= 0.6 is 22.9 Å². The van der Waals surface area contributed by atoms with Crippen LogP contribution in [-0.2, 0) is 0 Å². The van der Waals surface area contributed by atoms with Crippen molar-refractivity contribution in [2.45, 2.75) is 38.8 Å². The van der Waals surface area contributed by atoms with Crippen molar-refractivity contribution in [1.82, 2.24) is 5.32 Å². The van der Waals surface area contributed by atoms with Gasteiger partial charge in [0.15, 0.2) is 0 Å². The molecule has 0 radical (unpaired) electrons. The normalized spacial score (nSPS) is 15.2. The second-order valence-corrected chi connectivity index (χ2v) is 5.42. The minimum Gasteiger partial charge on any atom is -0.393 e. The van der Waals surface area contributed by atoms with Crippen LogP contribution in [0, 0.1) is 0 Å². The van der Waals surface area contributed by atoms with Gasteiger partial charge in [0.25, 0.3) is 0 Å². The van der Waals surface area contributed by atoms with E-state index in [2.05, 4.69) is 12.2 Å². The first-order valence-electron chi connectivity index (χ1n) is 5.30. The topological polar surface area (TPSA) is 32.3 Å². The zero-order valence-electron chi connectivity index (χ0n) is 9.16. The van der Waals surface area contributed by atoms with Crippen LogP contribution in [0.4, 0.5) is 0 Å². The molecule has 0 aromatic carbocycles. The smallest absolute Gasteiger partial charge is 0.0931 e. The summed E-state index contributed by atoms with van der Waals surface area (Å²) in [5, 5.41) is 12.8. The van der Waals surface area contributed by atoms with Crippen molar-refractivity contribution >= 4 is 22.9 Å². The molecule has 2 atom stereocenters. The fraction of sp³-hybridized carbons (Fsp3) is 0.636. The summed E-state index contributed by atoms with van der Waals surface area (Å²) in [5.41, 5.74) is 0. The first-order valence-corrected chi connectivity index (χ1v) is 6.49. The highest BCUT2D eigenvalue weighted by Crippen LogP contribution is 2.26. The average Bonchev–Trinajstić information content (AvgIpc) is 2.64. The third-order valence-electron chi connectivity index (χ3n) is 2.42. The summed E-state index contributed by atoms with van der Waals surface area (Å²) < 4.78 is 0.826. The van der Waals surface area contributed by atoms with E-state index in [0.717, 1.165) is 23.7 Å². The van der Waals surface area contributed by atoms with Crippen LogP contribution in [0.15, 0.2) is 12.1 Å². The Labute approximate surface area is 100 Å². The van der Waals surface area contributed by atoms with Crippen molar-refractivity contribution < 1.29 is 5.11 Å². The number of rotatable bonds is 6. The third kappa shape index (κ3) is 4.51. The van der Waals surface area contributed by atoms with E-state index >= 15 is 0 Å². The Hall–Kier alpha value is -0.0900. The highest BCUT2D eigenvalue weighted by molar-refractivity contribution is 7.16. The van der Waals surface area contributed by atoms with Gasteiger partial charge in [-0.2, -0.15) is 0 Å². The summed E-state index contributed by atoms with van der Waals surface area (Å²) in [5.74, 6) is 0. The molecule has 1 heterocycles. The van der Waals surface area contributed by atoms with Crippen molar-refractivity contribution in [3.05, 3.63) is 21.3 Å². The van der Waals surface area contributed by atoms with Crippen molar-refractivity contribution in [1.29, 1.82) is 0 Å². The van der Waals surface area contributed by atoms with Gasteiger partial charge in [-0.15, -0.1) is 11.3 Å². The summed E-state index contributed by atoms with van der Waals surface area (Å²) in [6, 6.07) is 4.27. The van der Waals surface area contributed by atoms with Gasteiger partial charge in [-0.25, -0.2) is 0 Å². The summed E-state index contributed by atoms with van der Waals surface area (Å²) in [4.78, 5) is 1.24. The van der Waals surface area contributed by atoms with Gasteiger partial charge in [0, 0.05) is 10.9 Å². The lowest BCUT2D eigenvalue weighted by Gasteiger charge is -2.13. The van der Waals surface area contributed by atoms with Gasteiger partial charge in [-0.3, -0.25) is 0 Å². The molecule has 86 valence electrons. The van der Waals surface area contributed by atoms with Gasteiger partial charge in [0.2, 0.25) is 0 Å². The number of hydrogen-bond donors (Lipinski definition) is 2. The summed E-state index contributed by atoms with van der Waals surface area (Å²) in [6.07, 6.45) is 1.44. The molecule has 1 aromatic rings. The monoisotopic (exact) mass is 247 g/mol. The number of aliphatic hydroxyl groups excluding tert-OH is 1. The van der Waals surface area contributed by atoms with Crippen LogP contribution in [0.3, 0.4) is 0 Å². The SMILES string of the molecule is CCC(O)CCNC(C)c1ccc(Cl)s1. The highest BCUT2D eigenvalue weighted by Gasteiger charge is 2.08. The van der Waals surface area contributed by atoms with Gasteiger partial charge in [0.05, 0.1) is 10.4 Å². The number of thiophene rings is 1. The van der Waals surface area contributed by atoms with Gasteiger partial charge in [0.1, 0.15) is 0 Å².